The van der Waals surface area contributed by atoms with Crippen LogP contribution in [0.15, 0.2) is 61.2 Å². The molecule has 1 aliphatic carbocycles. The summed E-state index contributed by atoms with van der Waals surface area (Å²) < 4.78 is 70.2. The van der Waals surface area contributed by atoms with Crippen LogP contribution in [0.3, 0.4) is 0 Å². The minimum Gasteiger partial charge on any atom is -0.490 e. The van der Waals surface area contributed by atoms with Gasteiger partial charge >= 0.3 is 0 Å². The molecular weight excluding hydrogens is 532 g/mol. The minimum atomic E-state index is -1.08. The average Bonchev–Trinajstić information content (AvgIpc) is 2.99. The lowest BCUT2D eigenvalue weighted by molar-refractivity contribution is 0.166. The molecule has 3 aromatic carbocycles. The number of unbranched alkanes of at least 4 members (excludes halogenated alkanes) is 1. The predicted octanol–water partition coefficient (Wildman–Crippen LogP) is 9.44. The Kier molecular flexibility index (Phi) is 10.9. The molecule has 3 nitrogen and oxygen atoms in total. The Labute approximate surface area is 239 Å². The van der Waals surface area contributed by atoms with E-state index < -0.39 is 29.4 Å². The third-order valence-corrected chi connectivity index (χ3v) is 7.86. The van der Waals surface area contributed by atoms with Crippen molar-refractivity contribution < 1.29 is 32.1 Å². The van der Waals surface area contributed by atoms with Gasteiger partial charge in [0, 0.05) is 5.56 Å². The number of ether oxygens (including phenoxy) is 2. The number of hydrogen-bond acceptors (Lipinski definition) is 3. The maximum absolute atomic E-state index is 15.2. The molecule has 0 bridgehead atoms. The minimum absolute atomic E-state index is 0.0947. The molecule has 7 heteroatoms. The molecule has 4 rings (SSSR count). The molecule has 1 atom stereocenters. The van der Waals surface area contributed by atoms with Crippen molar-refractivity contribution in [3.8, 4) is 22.6 Å². The first-order valence-electron chi connectivity index (χ1n) is 14.4. The van der Waals surface area contributed by atoms with Gasteiger partial charge in [-0.15, -0.1) is 6.58 Å². The number of hydrogen-bond donors (Lipinski definition) is 1. The van der Waals surface area contributed by atoms with Crippen LogP contribution in [-0.2, 0) is 0 Å². The van der Waals surface area contributed by atoms with E-state index in [9.17, 15) is 13.9 Å². The maximum Gasteiger partial charge on any atom is 0.204 e. The van der Waals surface area contributed by atoms with Gasteiger partial charge < -0.3 is 14.6 Å². The van der Waals surface area contributed by atoms with E-state index in [4.69, 9.17) is 9.47 Å². The SMILES string of the molecule is C=CCCCOc1ccc(OCC2CCC(c3ccc(-c4ccc(C(O)CCC)cc4)c(F)c3F)CC2)c(F)c1F. The van der Waals surface area contributed by atoms with Gasteiger partial charge in [0.2, 0.25) is 11.6 Å². The number of aliphatic hydroxyl groups excluding tert-OH is 1. The van der Waals surface area contributed by atoms with E-state index in [0.29, 0.717) is 49.7 Å². The first kappa shape index (κ1) is 30.6. The van der Waals surface area contributed by atoms with Crippen LogP contribution >= 0.6 is 0 Å². The summed E-state index contributed by atoms with van der Waals surface area (Å²) in [6, 6.07) is 12.9. The fourth-order valence-electron chi connectivity index (χ4n) is 5.42. The molecule has 1 unspecified atom stereocenters. The summed E-state index contributed by atoms with van der Waals surface area (Å²) in [5, 5.41) is 10.2. The van der Waals surface area contributed by atoms with Crippen molar-refractivity contribution in [3.63, 3.8) is 0 Å². The summed E-state index contributed by atoms with van der Waals surface area (Å²) in [4.78, 5) is 0. The Balaban J connectivity index is 1.32. The molecule has 1 saturated carbocycles. The van der Waals surface area contributed by atoms with Gasteiger partial charge in [-0.1, -0.05) is 55.8 Å². The van der Waals surface area contributed by atoms with E-state index in [0.717, 1.165) is 18.4 Å². The van der Waals surface area contributed by atoms with Gasteiger partial charge in [0.1, 0.15) is 0 Å². The maximum atomic E-state index is 15.2. The molecule has 3 aromatic rings. The molecule has 1 aliphatic rings. The van der Waals surface area contributed by atoms with E-state index in [1.807, 2.05) is 6.92 Å². The Morgan fingerprint density at radius 3 is 2.15 bits per heavy atom. The Morgan fingerprint density at radius 2 is 1.51 bits per heavy atom. The summed E-state index contributed by atoms with van der Waals surface area (Å²) in [6.07, 6.45) is 6.70. The molecule has 0 radical (unpaired) electrons. The van der Waals surface area contributed by atoms with Crippen molar-refractivity contribution in [1.82, 2.24) is 0 Å². The summed E-state index contributed by atoms with van der Waals surface area (Å²) in [5.41, 5.74) is 1.85. The summed E-state index contributed by atoms with van der Waals surface area (Å²) in [5.74, 6) is -4.21. The first-order valence-corrected chi connectivity index (χ1v) is 14.4. The highest BCUT2D eigenvalue weighted by molar-refractivity contribution is 5.65. The van der Waals surface area contributed by atoms with Crippen LogP contribution in [0.2, 0.25) is 0 Å². The summed E-state index contributed by atoms with van der Waals surface area (Å²) >= 11 is 0. The fraction of sp³-hybridized carbons (Fsp3) is 0.412. The Bertz CT molecular complexity index is 1300. The summed E-state index contributed by atoms with van der Waals surface area (Å²) in [6.45, 7) is 6.07. The zero-order valence-electron chi connectivity index (χ0n) is 23.5. The van der Waals surface area contributed by atoms with Crippen LogP contribution in [-0.4, -0.2) is 18.3 Å². The summed E-state index contributed by atoms with van der Waals surface area (Å²) in [7, 11) is 0. The molecule has 0 saturated heterocycles. The number of halogens is 4. The first-order chi connectivity index (χ1) is 19.8. The van der Waals surface area contributed by atoms with Crippen LogP contribution < -0.4 is 9.47 Å². The monoisotopic (exact) mass is 570 g/mol. The standard InChI is InChI=1S/C34H38F4O3/c1-3-5-6-20-40-29-18-19-30(34(38)33(29)37)41-21-22-8-10-23(11-9-22)26-16-17-27(32(36)31(26)35)24-12-14-25(15-13-24)28(39)7-4-2/h3,12-19,22-23,28,39H,1,4-11,20-21H2,2H3. The Morgan fingerprint density at radius 1 is 0.854 bits per heavy atom. The number of rotatable bonds is 13. The molecule has 1 fully saturated rings. The number of benzene rings is 3. The van der Waals surface area contributed by atoms with Crippen LogP contribution in [0.1, 0.15) is 81.4 Å². The Hall–Kier alpha value is -3.32. The van der Waals surface area contributed by atoms with Crippen molar-refractivity contribution >= 4 is 0 Å². The second-order valence-electron chi connectivity index (χ2n) is 10.8. The molecule has 220 valence electrons. The van der Waals surface area contributed by atoms with Gasteiger partial charge in [0.15, 0.2) is 23.1 Å². The lowest BCUT2D eigenvalue weighted by atomic mass is 9.78. The molecule has 0 amide bonds. The highest BCUT2D eigenvalue weighted by atomic mass is 19.2. The second kappa shape index (κ2) is 14.5. The fourth-order valence-corrected chi connectivity index (χ4v) is 5.42. The van der Waals surface area contributed by atoms with E-state index >= 15 is 8.78 Å². The third kappa shape index (κ3) is 7.50. The van der Waals surface area contributed by atoms with Crippen molar-refractivity contribution in [1.29, 1.82) is 0 Å². The van der Waals surface area contributed by atoms with Gasteiger partial charge in [-0.2, -0.15) is 8.78 Å². The van der Waals surface area contributed by atoms with Crippen molar-refractivity contribution in [3.05, 3.63) is 95.6 Å². The van der Waals surface area contributed by atoms with E-state index in [1.54, 1.807) is 42.5 Å². The van der Waals surface area contributed by atoms with E-state index in [2.05, 4.69) is 6.58 Å². The molecular formula is C34H38F4O3. The third-order valence-electron chi connectivity index (χ3n) is 7.86. The van der Waals surface area contributed by atoms with Crippen LogP contribution in [0.25, 0.3) is 11.1 Å². The van der Waals surface area contributed by atoms with E-state index in [1.165, 1.54) is 12.1 Å². The van der Waals surface area contributed by atoms with Crippen molar-refractivity contribution in [2.45, 2.75) is 70.3 Å². The molecule has 1 N–H and O–H groups in total. The van der Waals surface area contributed by atoms with Gasteiger partial charge in [0.25, 0.3) is 0 Å². The van der Waals surface area contributed by atoms with Gasteiger partial charge in [0.05, 0.1) is 19.3 Å². The van der Waals surface area contributed by atoms with Gasteiger partial charge in [-0.25, -0.2) is 8.78 Å². The quantitative estimate of drug-likeness (QED) is 0.126. The van der Waals surface area contributed by atoms with Gasteiger partial charge in [-0.3, -0.25) is 0 Å². The topological polar surface area (TPSA) is 38.7 Å². The number of allylic oxidation sites excluding steroid dienone is 1. The zero-order chi connectivity index (χ0) is 29.4. The van der Waals surface area contributed by atoms with Gasteiger partial charge in [-0.05, 0) is 85.6 Å². The second-order valence-corrected chi connectivity index (χ2v) is 10.8. The number of aliphatic hydroxyl groups is 1. The van der Waals surface area contributed by atoms with Crippen molar-refractivity contribution in [2.24, 2.45) is 5.92 Å². The predicted molar refractivity (Wildman–Crippen MR) is 153 cm³/mol. The normalized spacial score (nSPS) is 17.7. The average molecular weight is 571 g/mol. The molecule has 41 heavy (non-hydrogen) atoms. The highest BCUT2D eigenvalue weighted by Gasteiger charge is 2.27. The van der Waals surface area contributed by atoms with E-state index in [-0.39, 0.29) is 42.1 Å². The van der Waals surface area contributed by atoms with Crippen LogP contribution in [0.4, 0.5) is 17.6 Å². The van der Waals surface area contributed by atoms with Crippen molar-refractivity contribution in [2.75, 3.05) is 13.2 Å². The molecule has 0 aromatic heterocycles. The zero-order valence-corrected chi connectivity index (χ0v) is 23.5. The smallest absolute Gasteiger partial charge is 0.204 e. The van der Waals surface area contributed by atoms with Crippen LogP contribution in [0, 0.1) is 29.2 Å². The molecule has 0 spiro atoms. The molecule has 0 aliphatic heterocycles. The lowest BCUT2D eigenvalue weighted by Gasteiger charge is -2.29. The highest BCUT2D eigenvalue weighted by Crippen LogP contribution is 2.39. The largest absolute Gasteiger partial charge is 0.490 e. The molecule has 0 heterocycles. The van der Waals surface area contributed by atoms with Crippen LogP contribution in [0.5, 0.6) is 11.5 Å². The lowest BCUT2D eigenvalue weighted by Crippen LogP contribution is -2.20.